The first-order valence-corrected chi connectivity index (χ1v) is 28.5. The van der Waals surface area contributed by atoms with Crippen LogP contribution < -0.4 is 9.47 Å². The van der Waals surface area contributed by atoms with Gasteiger partial charge in [-0.1, -0.05) is 210 Å². The Kier molecular flexibility index (Phi) is 11.6. The van der Waals surface area contributed by atoms with Crippen LogP contribution in [-0.4, -0.2) is 9.55 Å². The average molecular weight is 1130 g/mol. The molecule has 16 aromatic rings. The summed E-state index contributed by atoms with van der Waals surface area (Å²) < 4.78 is 28.3. The Morgan fingerprint density at radius 2 is 0.759 bits per heavy atom. The van der Waals surface area contributed by atoms with Crippen molar-refractivity contribution in [3.63, 3.8) is 0 Å². The van der Waals surface area contributed by atoms with Crippen LogP contribution in [0.25, 0.3) is 138 Å². The topological polar surface area (TPSA) is 65.5 Å². The molecule has 6 heterocycles. The summed E-state index contributed by atoms with van der Waals surface area (Å²) in [5.41, 5.74) is 20.8. The van der Waals surface area contributed by atoms with E-state index in [4.69, 9.17) is 18.3 Å². The molecule has 0 spiro atoms. The van der Waals surface area contributed by atoms with Crippen molar-refractivity contribution in [1.82, 2.24) is 9.55 Å². The van der Waals surface area contributed by atoms with Gasteiger partial charge in [-0.15, -0.1) is 0 Å². The van der Waals surface area contributed by atoms with Gasteiger partial charge in [0.25, 0.3) is 0 Å². The Labute approximate surface area is 485 Å². The van der Waals surface area contributed by atoms with E-state index in [1.807, 2.05) is 78.9 Å². The molecule has 6 nitrogen and oxygen atoms in total. The highest BCUT2D eigenvalue weighted by Gasteiger charge is 2.30. The van der Waals surface area contributed by atoms with Crippen molar-refractivity contribution in [3.05, 3.63) is 284 Å². The Hall–Kier alpha value is -10.6. The number of furan rings is 2. The summed E-state index contributed by atoms with van der Waals surface area (Å²) in [4.78, 5) is 3.74. The Morgan fingerprint density at radius 1 is 0.313 bits per heavy atom. The molecule has 0 atom stereocenters. The van der Waals surface area contributed by atoms with E-state index < -0.39 is 0 Å². The second-order valence-electron chi connectivity index (χ2n) is 20.8. The second kappa shape index (κ2) is 19.9. The predicted octanol–water partition coefficient (Wildman–Crippen LogP) is 22.3. The van der Waals surface area contributed by atoms with Crippen LogP contribution in [0.15, 0.2) is 292 Å². The van der Waals surface area contributed by atoms with Gasteiger partial charge in [0.05, 0.1) is 22.4 Å². The minimum absolute atomic E-state index is 0.846. The number of H-pyrrole nitrogens is 1. The highest BCUT2D eigenvalue weighted by atomic mass is 79.9. The van der Waals surface area contributed by atoms with Crippen LogP contribution >= 0.6 is 15.9 Å². The van der Waals surface area contributed by atoms with Crippen LogP contribution in [0.1, 0.15) is 0 Å². The molecule has 0 unspecified atom stereocenters. The number of hydrogen-bond donors (Lipinski definition) is 1. The zero-order valence-electron chi connectivity index (χ0n) is 44.5. The summed E-state index contributed by atoms with van der Waals surface area (Å²) in [6.45, 7) is 0. The fourth-order valence-electron chi connectivity index (χ4n) is 12.4. The predicted molar refractivity (Wildman–Crippen MR) is 343 cm³/mol. The van der Waals surface area contributed by atoms with Crippen LogP contribution in [0, 0.1) is 0 Å². The first-order chi connectivity index (χ1) is 41.1. The van der Waals surface area contributed by atoms with E-state index in [9.17, 15) is 0 Å². The van der Waals surface area contributed by atoms with Crippen LogP contribution in [0.4, 0.5) is 0 Å². The number of nitrogens with one attached hydrogen (secondary N) is 1. The van der Waals surface area contributed by atoms with Crippen molar-refractivity contribution < 1.29 is 18.3 Å². The molecule has 0 radical (unpaired) electrons. The smallest absolute Gasteiger partial charge is 0.136 e. The van der Waals surface area contributed by atoms with Gasteiger partial charge in [-0.25, -0.2) is 0 Å². The van der Waals surface area contributed by atoms with Crippen LogP contribution in [0.3, 0.4) is 0 Å². The van der Waals surface area contributed by atoms with Gasteiger partial charge in [-0.05, 0) is 96.1 Å². The molecule has 0 amide bonds. The summed E-state index contributed by atoms with van der Waals surface area (Å²) in [6, 6.07) is 96.5. The first-order valence-electron chi connectivity index (χ1n) is 27.7. The molecule has 83 heavy (non-hydrogen) atoms. The molecule has 0 saturated heterocycles. The third kappa shape index (κ3) is 8.15. The fourth-order valence-corrected chi connectivity index (χ4v) is 12.7. The number of hydrogen-bond acceptors (Lipinski definition) is 4. The lowest BCUT2D eigenvalue weighted by Gasteiger charge is -2.16. The molecule has 18 rings (SSSR count). The van der Waals surface area contributed by atoms with Gasteiger partial charge in [0.15, 0.2) is 0 Å². The van der Waals surface area contributed by atoms with Crippen molar-refractivity contribution in [1.29, 1.82) is 0 Å². The molecule has 12 aromatic carbocycles. The molecule has 1 N–H and O–H groups in total. The lowest BCUT2D eigenvalue weighted by atomic mass is 9.96. The number of rotatable bonds is 3. The summed E-state index contributed by atoms with van der Waals surface area (Å²) in [5.74, 6) is 3.47. The summed E-state index contributed by atoms with van der Waals surface area (Å²) in [5, 5.41) is 6.95. The summed E-state index contributed by atoms with van der Waals surface area (Å²) in [6.07, 6.45) is 0. The number of aromatic amines is 1. The van der Waals surface area contributed by atoms with Crippen molar-refractivity contribution in [3.8, 4) is 95.7 Å². The third-order valence-electron chi connectivity index (χ3n) is 16.0. The maximum atomic E-state index is 6.59. The van der Waals surface area contributed by atoms with Gasteiger partial charge in [-0.2, -0.15) is 0 Å². The monoisotopic (exact) mass is 1130 g/mol. The fraction of sp³-hybridized carbons (Fsp3) is 0. The largest absolute Gasteiger partial charge is 0.456 e. The van der Waals surface area contributed by atoms with Crippen molar-refractivity contribution in [2.45, 2.75) is 0 Å². The molecule has 7 heteroatoms. The van der Waals surface area contributed by atoms with E-state index in [0.717, 1.165) is 111 Å². The van der Waals surface area contributed by atoms with Crippen molar-refractivity contribution in [2.24, 2.45) is 0 Å². The maximum absolute atomic E-state index is 6.59. The zero-order chi connectivity index (χ0) is 55.0. The molecule has 2 aliphatic heterocycles. The van der Waals surface area contributed by atoms with E-state index in [0.29, 0.717) is 0 Å². The van der Waals surface area contributed by atoms with Crippen LogP contribution in [-0.2, 0) is 0 Å². The SMILES string of the molecule is Brc1ccc2oc3ccccc3c2c1.c1ccc(-c2cccc3c4c([nH]c23)-c2ccccc2Oc2ccccc2-4)cc1.c1ccc(-c2cccc3c4c(n(-c5ccc6oc7ccccc7c6c5)c23)-c2ccccc2Oc2ccccc2-4)cc1. The lowest BCUT2D eigenvalue weighted by Crippen LogP contribution is -1.99. The minimum atomic E-state index is 0.846. The third-order valence-corrected chi connectivity index (χ3v) is 16.5. The van der Waals surface area contributed by atoms with E-state index in [2.05, 4.69) is 226 Å². The standard InChI is InChI=1S/C38H23NO2.C26H17NO.C12H7BrO/c1-2-11-24(12-3-1)26-16-10-17-30-36-28-14-5-8-19-33(28)41-34-20-9-6-15-29(34)38(36)39(37(26)30)25-21-22-35-31(23-25)27-13-4-7-18-32(27)40-35;1-2-9-17(10-3-1)18-13-8-14-21-24-19-11-4-6-15-22(19)28-23-16-7-5-12-20(23)26(24)27-25(18)21;13-8-5-6-12-10(7-8)9-3-1-2-4-11(9)14-12/h1-23H;1-16,27H;1-7H. The van der Waals surface area contributed by atoms with Gasteiger partial charge in [0.1, 0.15) is 45.3 Å². The number of halogens is 1. The van der Waals surface area contributed by atoms with Crippen LogP contribution in [0.2, 0.25) is 0 Å². The summed E-state index contributed by atoms with van der Waals surface area (Å²) in [7, 11) is 0. The average Bonchev–Trinajstić information content (AvgIpc) is 2.71. The number of aromatic nitrogens is 2. The highest BCUT2D eigenvalue weighted by Crippen LogP contribution is 2.54. The van der Waals surface area contributed by atoms with E-state index in [1.54, 1.807) is 0 Å². The number of benzene rings is 12. The number of fused-ring (bicyclic) bond motifs is 20. The Morgan fingerprint density at radius 3 is 1.41 bits per heavy atom. The summed E-state index contributed by atoms with van der Waals surface area (Å²) >= 11 is 3.46. The van der Waals surface area contributed by atoms with Gasteiger partial charge < -0.3 is 27.9 Å². The number of nitrogens with zero attached hydrogens (tertiary/aromatic N) is 1. The van der Waals surface area contributed by atoms with Crippen LogP contribution in [0.5, 0.6) is 23.0 Å². The molecular formula is C76H47BrN2O4. The first kappa shape index (κ1) is 48.3. The molecule has 2 aliphatic rings. The van der Waals surface area contributed by atoms with Gasteiger partial charge in [0.2, 0.25) is 0 Å². The van der Waals surface area contributed by atoms with Crippen molar-refractivity contribution >= 4 is 81.6 Å². The Balaban J connectivity index is 0.000000115. The molecule has 0 fully saturated rings. The van der Waals surface area contributed by atoms with Gasteiger partial charge in [-0.3, -0.25) is 0 Å². The quantitative estimate of drug-likeness (QED) is 0.191. The zero-order valence-corrected chi connectivity index (χ0v) is 46.1. The molecule has 392 valence electrons. The Bertz CT molecular complexity index is 5180. The van der Waals surface area contributed by atoms with E-state index in [-0.39, 0.29) is 0 Å². The molecule has 0 saturated carbocycles. The lowest BCUT2D eigenvalue weighted by molar-refractivity contribution is 0.487. The maximum Gasteiger partial charge on any atom is 0.136 e. The van der Waals surface area contributed by atoms with E-state index in [1.165, 1.54) is 55.1 Å². The van der Waals surface area contributed by atoms with Gasteiger partial charge in [0, 0.05) is 87.0 Å². The molecule has 4 aromatic heterocycles. The molecule has 0 aliphatic carbocycles. The number of ether oxygens (including phenoxy) is 2. The molecular weight excluding hydrogens is 1080 g/mol. The number of para-hydroxylation sites is 8. The van der Waals surface area contributed by atoms with Crippen molar-refractivity contribution in [2.75, 3.05) is 0 Å². The van der Waals surface area contributed by atoms with Gasteiger partial charge >= 0.3 is 0 Å². The normalized spacial score (nSPS) is 11.9. The van der Waals surface area contributed by atoms with E-state index >= 15 is 0 Å². The highest BCUT2D eigenvalue weighted by molar-refractivity contribution is 9.10. The molecule has 0 bridgehead atoms. The minimum Gasteiger partial charge on any atom is -0.456 e. The second-order valence-corrected chi connectivity index (χ2v) is 21.7.